The average molecular weight is 443 g/mol. The van der Waals surface area contributed by atoms with Crippen LogP contribution in [0.1, 0.15) is 0 Å². The molecule has 9 heteroatoms. The van der Waals surface area contributed by atoms with Crippen LogP contribution in [0.5, 0.6) is 5.88 Å². The Morgan fingerprint density at radius 2 is 1.93 bits per heavy atom. The zero-order valence-corrected chi connectivity index (χ0v) is 18.1. The Bertz CT molecular complexity index is 1370. The Morgan fingerprint density at radius 1 is 1.13 bits per heavy atom. The fraction of sp³-hybridized carbons (Fsp3) is 0.143. The van der Waals surface area contributed by atoms with Crippen molar-refractivity contribution in [1.29, 1.82) is 0 Å². The van der Waals surface area contributed by atoms with E-state index >= 15 is 0 Å². The van der Waals surface area contributed by atoms with Crippen LogP contribution >= 0.6 is 11.6 Å². The van der Waals surface area contributed by atoms with Gasteiger partial charge in [-0.25, -0.2) is 18.4 Å². The van der Waals surface area contributed by atoms with Crippen LogP contribution in [0.3, 0.4) is 0 Å². The molecule has 154 valence electrons. The molecule has 0 radical (unpaired) electrons. The van der Waals surface area contributed by atoms with Gasteiger partial charge in [-0.05, 0) is 29.8 Å². The van der Waals surface area contributed by atoms with Gasteiger partial charge in [0.05, 0.1) is 47.7 Å². The van der Waals surface area contributed by atoms with Gasteiger partial charge in [0.15, 0.2) is 0 Å². The Balaban J connectivity index is 1.92. The van der Waals surface area contributed by atoms with Gasteiger partial charge >= 0.3 is 0 Å². The van der Waals surface area contributed by atoms with E-state index in [0.29, 0.717) is 33.2 Å². The summed E-state index contributed by atoms with van der Waals surface area (Å²) in [7, 11) is 0.0376. The number of anilines is 1. The molecule has 2 heterocycles. The van der Waals surface area contributed by atoms with Gasteiger partial charge in [0, 0.05) is 23.7 Å². The van der Waals surface area contributed by atoms with Crippen molar-refractivity contribution in [2.75, 3.05) is 18.1 Å². The quantitative estimate of drug-likeness (QED) is 0.497. The van der Waals surface area contributed by atoms with E-state index in [1.165, 1.54) is 7.11 Å². The summed E-state index contributed by atoms with van der Waals surface area (Å²) in [5.41, 5.74) is 4.30. The van der Waals surface area contributed by atoms with E-state index in [2.05, 4.69) is 14.7 Å². The summed E-state index contributed by atoms with van der Waals surface area (Å²) in [5, 5.41) is 1.23. The van der Waals surface area contributed by atoms with Crippen molar-refractivity contribution in [3.8, 4) is 28.3 Å². The molecule has 0 bridgehead atoms. The number of pyridine rings is 1. The number of halogens is 1. The van der Waals surface area contributed by atoms with Crippen LogP contribution < -0.4 is 9.46 Å². The van der Waals surface area contributed by atoms with Gasteiger partial charge < -0.3 is 9.30 Å². The van der Waals surface area contributed by atoms with E-state index in [1.54, 1.807) is 30.7 Å². The predicted octanol–water partition coefficient (Wildman–Crippen LogP) is 4.34. The molecule has 1 N–H and O–H groups in total. The number of nitrogens with one attached hydrogen (secondary N) is 1. The van der Waals surface area contributed by atoms with Crippen LogP contribution in [0, 0.1) is 0 Å². The van der Waals surface area contributed by atoms with E-state index in [1.807, 2.05) is 35.9 Å². The zero-order valence-electron chi connectivity index (χ0n) is 16.5. The monoisotopic (exact) mass is 442 g/mol. The summed E-state index contributed by atoms with van der Waals surface area (Å²) in [5.74, 6) is 0.359. The summed E-state index contributed by atoms with van der Waals surface area (Å²) < 4.78 is 33.1. The first kappa shape index (κ1) is 20.2. The first-order chi connectivity index (χ1) is 14.3. The lowest BCUT2D eigenvalue weighted by molar-refractivity contribution is 0.401. The third kappa shape index (κ3) is 3.83. The molecule has 4 aromatic rings. The average Bonchev–Trinajstić information content (AvgIpc) is 3.12. The molecule has 2 aromatic heterocycles. The molecule has 0 fully saturated rings. The highest BCUT2D eigenvalue weighted by Gasteiger charge is 2.18. The second-order valence-corrected chi connectivity index (χ2v) is 9.01. The Morgan fingerprint density at radius 3 is 2.60 bits per heavy atom. The number of hydrogen-bond acceptors (Lipinski definition) is 5. The van der Waals surface area contributed by atoms with Gasteiger partial charge in [-0.15, -0.1) is 0 Å². The molecule has 30 heavy (non-hydrogen) atoms. The van der Waals surface area contributed by atoms with Gasteiger partial charge in [0.25, 0.3) is 0 Å². The number of ether oxygens (including phenoxy) is 1. The van der Waals surface area contributed by atoms with Crippen molar-refractivity contribution in [3.63, 3.8) is 0 Å². The van der Waals surface area contributed by atoms with Crippen LogP contribution in [0.25, 0.3) is 33.3 Å². The number of fused-ring (bicyclic) bond motifs is 1. The van der Waals surface area contributed by atoms with Gasteiger partial charge in [0.2, 0.25) is 15.9 Å². The first-order valence-electron chi connectivity index (χ1n) is 8.99. The Kier molecular flexibility index (Phi) is 5.13. The van der Waals surface area contributed by atoms with E-state index in [4.69, 9.17) is 16.3 Å². The lowest BCUT2D eigenvalue weighted by atomic mass is 10.0. The molecular weight excluding hydrogens is 424 g/mol. The van der Waals surface area contributed by atoms with E-state index < -0.39 is 10.0 Å². The minimum absolute atomic E-state index is 0.359. The molecular formula is C21H19ClN4O3S. The Labute approximate surface area is 179 Å². The number of aryl methyl sites for hydroxylation is 1. The number of sulfonamides is 1. The van der Waals surface area contributed by atoms with Crippen molar-refractivity contribution in [3.05, 3.63) is 60.0 Å². The molecule has 0 unspecified atom stereocenters. The van der Waals surface area contributed by atoms with Crippen molar-refractivity contribution in [2.24, 2.45) is 7.05 Å². The molecule has 7 nitrogen and oxygen atoms in total. The number of benzene rings is 2. The maximum atomic E-state index is 11.6. The molecule has 0 atom stereocenters. The highest BCUT2D eigenvalue weighted by atomic mass is 35.5. The molecule has 0 aliphatic rings. The van der Waals surface area contributed by atoms with Crippen molar-refractivity contribution in [1.82, 2.24) is 14.5 Å². The molecule has 0 saturated heterocycles. The standard InChI is InChI=1S/C21H19ClN4O3S/c1-26-12-23-11-18(26)13-7-8-17-16(10-13)20(22)19(21(24-17)29-2)14-5-4-6-15(9-14)25-30(3,27)28/h4-12,25H,1-3H3. The van der Waals surface area contributed by atoms with Crippen molar-refractivity contribution in [2.45, 2.75) is 0 Å². The second-order valence-electron chi connectivity index (χ2n) is 6.89. The van der Waals surface area contributed by atoms with Gasteiger partial charge in [0.1, 0.15) is 0 Å². The second kappa shape index (κ2) is 7.62. The largest absolute Gasteiger partial charge is 0.480 e. The van der Waals surface area contributed by atoms with Gasteiger partial charge in [-0.3, -0.25) is 4.72 Å². The summed E-state index contributed by atoms with van der Waals surface area (Å²) in [6, 6.07) is 12.7. The smallest absolute Gasteiger partial charge is 0.229 e. The molecule has 0 saturated carbocycles. The zero-order chi connectivity index (χ0) is 21.5. The lowest BCUT2D eigenvalue weighted by Gasteiger charge is -2.14. The Hall–Kier alpha value is -3.10. The van der Waals surface area contributed by atoms with Crippen LogP contribution in [0.4, 0.5) is 5.69 Å². The minimum atomic E-state index is -3.41. The fourth-order valence-electron chi connectivity index (χ4n) is 3.35. The summed E-state index contributed by atoms with van der Waals surface area (Å²) in [6.45, 7) is 0. The van der Waals surface area contributed by atoms with Gasteiger partial charge in [-0.1, -0.05) is 29.8 Å². The van der Waals surface area contributed by atoms with Gasteiger partial charge in [-0.2, -0.15) is 0 Å². The van der Waals surface area contributed by atoms with Crippen molar-refractivity contribution >= 4 is 38.2 Å². The number of aromatic nitrogens is 3. The summed E-state index contributed by atoms with van der Waals surface area (Å²) in [4.78, 5) is 8.78. The number of hydrogen-bond donors (Lipinski definition) is 1. The van der Waals surface area contributed by atoms with E-state index in [9.17, 15) is 8.42 Å². The summed E-state index contributed by atoms with van der Waals surface area (Å²) >= 11 is 6.84. The third-order valence-corrected chi connectivity index (χ3v) is 5.65. The number of nitrogens with zero attached hydrogens (tertiary/aromatic N) is 3. The van der Waals surface area contributed by atoms with Crippen molar-refractivity contribution < 1.29 is 13.2 Å². The minimum Gasteiger partial charge on any atom is -0.480 e. The molecule has 0 aliphatic heterocycles. The first-order valence-corrected chi connectivity index (χ1v) is 11.3. The normalized spacial score (nSPS) is 11.6. The number of methoxy groups -OCH3 is 1. The third-order valence-electron chi connectivity index (χ3n) is 4.65. The number of imidazole rings is 1. The predicted molar refractivity (Wildman–Crippen MR) is 119 cm³/mol. The molecule has 0 amide bonds. The SMILES string of the molecule is COc1nc2ccc(-c3cncn3C)cc2c(Cl)c1-c1cccc(NS(C)(=O)=O)c1. The van der Waals surface area contributed by atoms with E-state index in [0.717, 1.165) is 22.9 Å². The van der Waals surface area contributed by atoms with E-state index in [-0.39, 0.29) is 0 Å². The maximum Gasteiger partial charge on any atom is 0.229 e. The molecule has 0 aliphatic carbocycles. The van der Waals surface area contributed by atoms with Crippen LogP contribution in [-0.4, -0.2) is 36.3 Å². The number of rotatable bonds is 5. The highest BCUT2D eigenvalue weighted by molar-refractivity contribution is 7.92. The van der Waals surface area contributed by atoms with Crippen LogP contribution in [-0.2, 0) is 17.1 Å². The van der Waals surface area contributed by atoms with Crippen LogP contribution in [0.2, 0.25) is 5.02 Å². The highest BCUT2D eigenvalue weighted by Crippen LogP contribution is 2.41. The lowest BCUT2D eigenvalue weighted by Crippen LogP contribution is -2.09. The molecule has 4 rings (SSSR count). The topological polar surface area (TPSA) is 86.1 Å². The molecule has 0 spiro atoms. The van der Waals surface area contributed by atoms with Crippen LogP contribution in [0.15, 0.2) is 55.0 Å². The maximum absolute atomic E-state index is 11.6. The fourth-order valence-corrected chi connectivity index (χ4v) is 4.24. The summed E-state index contributed by atoms with van der Waals surface area (Å²) in [6.07, 6.45) is 4.62. The molecule has 2 aromatic carbocycles.